The third-order valence-electron chi connectivity index (χ3n) is 2.22. The Kier molecular flexibility index (Phi) is 5.05. The van der Waals surface area contributed by atoms with Crippen molar-refractivity contribution >= 4 is 27.7 Å². The Morgan fingerprint density at radius 2 is 2.05 bits per heavy atom. The van der Waals surface area contributed by atoms with Crippen molar-refractivity contribution in [2.45, 2.75) is 26.3 Å². The van der Waals surface area contributed by atoms with E-state index in [9.17, 15) is 9.59 Å². The molecular weight excluding hydrogens is 310 g/mol. The Morgan fingerprint density at radius 3 is 2.58 bits per heavy atom. The van der Waals surface area contributed by atoms with E-state index in [1.54, 1.807) is 25.4 Å². The standard InChI is InChI=1S/C13H18BrN3O2/c1-13(2,3)16-11(18)8-17(4)12(19)9-5-6-15-10(14)7-9/h5-7H,8H2,1-4H3,(H,16,18). The number of nitrogens with one attached hydrogen (secondary N) is 1. The van der Waals surface area contributed by atoms with Gasteiger partial charge in [-0.3, -0.25) is 9.59 Å². The fraction of sp³-hybridized carbons (Fsp3) is 0.462. The van der Waals surface area contributed by atoms with Gasteiger partial charge in [0.1, 0.15) is 4.60 Å². The van der Waals surface area contributed by atoms with Gasteiger partial charge in [0.15, 0.2) is 0 Å². The average molecular weight is 328 g/mol. The van der Waals surface area contributed by atoms with Crippen LogP contribution in [-0.2, 0) is 4.79 Å². The molecule has 0 aliphatic rings. The first kappa shape index (κ1) is 15.6. The Labute approximate surface area is 121 Å². The number of carbonyl (C=O) groups excluding carboxylic acids is 2. The lowest BCUT2D eigenvalue weighted by Crippen LogP contribution is -2.46. The molecule has 5 nitrogen and oxygen atoms in total. The van der Waals surface area contributed by atoms with Crippen LogP contribution in [0.1, 0.15) is 31.1 Å². The smallest absolute Gasteiger partial charge is 0.254 e. The molecule has 0 spiro atoms. The number of amides is 2. The highest BCUT2D eigenvalue weighted by Crippen LogP contribution is 2.10. The first-order chi connectivity index (χ1) is 8.69. The van der Waals surface area contributed by atoms with Crippen molar-refractivity contribution in [3.05, 3.63) is 28.5 Å². The van der Waals surface area contributed by atoms with Crippen molar-refractivity contribution in [2.75, 3.05) is 13.6 Å². The minimum absolute atomic E-state index is 0.0239. The summed E-state index contributed by atoms with van der Waals surface area (Å²) in [5.41, 5.74) is 0.189. The predicted octanol–water partition coefficient (Wildman–Crippen LogP) is 1.83. The van der Waals surface area contributed by atoms with Crippen LogP contribution < -0.4 is 5.32 Å². The minimum atomic E-state index is -0.305. The SMILES string of the molecule is CN(CC(=O)NC(C)(C)C)C(=O)c1ccnc(Br)c1. The topological polar surface area (TPSA) is 62.3 Å². The molecular formula is C13H18BrN3O2. The van der Waals surface area contributed by atoms with Crippen molar-refractivity contribution in [2.24, 2.45) is 0 Å². The maximum absolute atomic E-state index is 12.1. The molecule has 0 fully saturated rings. The molecule has 0 saturated carbocycles. The lowest BCUT2D eigenvalue weighted by Gasteiger charge is -2.23. The zero-order valence-electron chi connectivity index (χ0n) is 11.5. The van der Waals surface area contributed by atoms with Gasteiger partial charge in [0, 0.05) is 24.3 Å². The van der Waals surface area contributed by atoms with Gasteiger partial charge in [-0.2, -0.15) is 0 Å². The highest BCUT2D eigenvalue weighted by atomic mass is 79.9. The Bertz CT molecular complexity index is 483. The van der Waals surface area contributed by atoms with E-state index in [4.69, 9.17) is 0 Å². The second kappa shape index (κ2) is 6.14. The lowest BCUT2D eigenvalue weighted by molar-refractivity contribution is -0.122. The molecule has 0 aliphatic heterocycles. The molecule has 1 heterocycles. The summed E-state index contributed by atoms with van der Waals surface area (Å²) in [5, 5.41) is 2.81. The van der Waals surface area contributed by atoms with Crippen LogP contribution in [0.5, 0.6) is 0 Å². The van der Waals surface area contributed by atoms with Crippen LogP contribution in [0.15, 0.2) is 22.9 Å². The van der Waals surface area contributed by atoms with Gasteiger partial charge in [0.25, 0.3) is 5.91 Å². The molecule has 1 aromatic rings. The number of aromatic nitrogens is 1. The van der Waals surface area contributed by atoms with Crippen LogP contribution in [-0.4, -0.2) is 40.8 Å². The normalized spacial score (nSPS) is 11.0. The number of carbonyl (C=O) groups is 2. The molecule has 0 unspecified atom stereocenters. The highest BCUT2D eigenvalue weighted by molar-refractivity contribution is 9.10. The quantitative estimate of drug-likeness (QED) is 0.861. The number of likely N-dealkylation sites (N-methyl/N-ethyl adjacent to an activating group) is 1. The Morgan fingerprint density at radius 1 is 1.42 bits per heavy atom. The van der Waals surface area contributed by atoms with Gasteiger partial charge >= 0.3 is 0 Å². The molecule has 1 aromatic heterocycles. The molecule has 6 heteroatoms. The molecule has 0 radical (unpaired) electrons. The summed E-state index contributed by atoms with van der Waals surface area (Å²) in [6.45, 7) is 5.71. The molecule has 2 amide bonds. The van der Waals surface area contributed by atoms with Gasteiger partial charge in [-0.15, -0.1) is 0 Å². The molecule has 0 atom stereocenters. The van der Waals surface area contributed by atoms with Crippen molar-refractivity contribution in [1.82, 2.24) is 15.2 Å². The summed E-state index contributed by atoms with van der Waals surface area (Å²) in [7, 11) is 1.60. The van der Waals surface area contributed by atoms with E-state index < -0.39 is 0 Å². The number of hydrogen-bond donors (Lipinski definition) is 1. The maximum Gasteiger partial charge on any atom is 0.254 e. The number of pyridine rings is 1. The third-order valence-corrected chi connectivity index (χ3v) is 2.65. The number of rotatable bonds is 3. The Hall–Kier alpha value is -1.43. The van der Waals surface area contributed by atoms with E-state index in [0.717, 1.165) is 0 Å². The van der Waals surface area contributed by atoms with Crippen LogP contribution in [0.25, 0.3) is 0 Å². The fourth-order valence-corrected chi connectivity index (χ4v) is 1.87. The summed E-state index contributed by atoms with van der Waals surface area (Å²) >= 11 is 3.21. The van der Waals surface area contributed by atoms with Crippen LogP contribution in [0.2, 0.25) is 0 Å². The van der Waals surface area contributed by atoms with Gasteiger partial charge in [0.2, 0.25) is 5.91 Å². The lowest BCUT2D eigenvalue weighted by atomic mass is 10.1. The van der Waals surface area contributed by atoms with E-state index in [1.807, 2.05) is 20.8 Å². The summed E-state index contributed by atoms with van der Waals surface area (Å²) in [5.74, 6) is -0.399. The van der Waals surface area contributed by atoms with Crippen LogP contribution >= 0.6 is 15.9 Å². The predicted molar refractivity (Wildman–Crippen MR) is 76.8 cm³/mol. The van der Waals surface area contributed by atoms with Gasteiger partial charge in [0.05, 0.1) is 6.54 Å². The summed E-state index contributed by atoms with van der Waals surface area (Å²) in [4.78, 5) is 29.2. The van der Waals surface area contributed by atoms with E-state index in [-0.39, 0.29) is 23.9 Å². The third kappa shape index (κ3) is 5.38. The summed E-state index contributed by atoms with van der Waals surface area (Å²) in [6.07, 6.45) is 1.54. The van der Waals surface area contributed by atoms with E-state index >= 15 is 0 Å². The average Bonchev–Trinajstić information content (AvgIpc) is 2.25. The summed E-state index contributed by atoms with van der Waals surface area (Å²) < 4.78 is 0.589. The first-order valence-corrected chi connectivity index (χ1v) is 6.66. The second-order valence-electron chi connectivity index (χ2n) is 5.33. The zero-order chi connectivity index (χ0) is 14.6. The van der Waals surface area contributed by atoms with Crippen LogP contribution in [0.4, 0.5) is 0 Å². The molecule has 0 saturated heterocycles. The van der Waals surface area contributed by atoms with Crippen molar-refractivity contribution < 1.29 is 9.59 Å². The fourth-order valence-electron chi connectivity index (χ4n) is 1.50. The largest absolute Gasteiger partial charge is 0.350 e. The van der Waals surface area contributed by atoms with Crippen molar-refractivity contribution in [1.29, 1.82) is 0 Å². The molecule has 19 heavy (non-hydrogen) atoms. The van der Waals surface area contributed by atoms with Crippen LogP contribution in [0, 0.1) is 0 Å². The zero-order valence-corrected chi connectivity index (χ0v) is 13.1. The number of hydrogen-bond acceptors (Lipinski definition) is 3. The van der Waals surface area contributed by atoms with Crippen LogP contribution in [0.3, 0.4) is 0 Å². The highest BCUT2D eigenvalue weighted by Gasteiger charge is 2.18. The number of nitrogens with zero attached hydrogens (tertiary/aromatic N) is 2. The van der Waals surface area contributed by atoms with Gasteiger partial charge in [-0.1, -0.05) is 0 Å². The molecule has 0 bridgehead atoms. The van der Waals surface area contributed by atoms with E-state index in [2.05, 4.69) is 26.2 Å². The van der Waals surface area contributed by atoms with Gasteiger partial charge < -0.3 is 10.2 Å². The van der Waals surface area contributed by atoms with Crippen molar-refractivity contribution in [3.63, 3.8) is 0 Å². The van der Waals surface area contributed by atoms with E-state index in [0.29, 0.717) is 10.2 Å². The Balaban J connectivity index is 2.66. The molecule has 0 aliphatic carbocycles. The molecule has 1 N–H and O–H groups in total. The molecule has 1 rings (SSSR count). The molecule has 0 aromatic carbocycles. The maximum atomic E-state index is 12.1. The van der Waals surface area contributed by atoms with Gasteiger partial charge in [-0.05, 0) is 48.8 Å². The minimum Gasteiger partial charge on any atom is -0.350 e. The second-order valence-corrected chi connectivity index (χ2v) is 6.14. The van der Waals surface area contributed by atoms with E-state index in [1.165, 1.54) is 4.90 Å². The monoisotopic (exact) mass is 327 g/mol. The number of halogens is 1. The van der Waals surface area contributed by atoms with Gasteiger partial charge in [-0.25, -0.2) is 4.98 Å². The summed E-state index contributed by atoms with van der Waals surface area (Å²) in [6, 6.07) is 3.24. The van der Waals surface area contributed by atoms with Crippen molar-refractivity contribution in [3.8, 4) is 0 Å². The first-order valence-electron chi connectivity index (χ1n) is 5.87. The molecule has 104 valence electrons.